The van der Waals surface area contributed by atoms with E-state index >= 15 is 0 Å². The molecule has 1 N–H and O–H groups in total. The molecule has 0 spiro atoms. The second-order valence-electron chi connectivity index (χ2n) is 7.91. The lowest BCUT2D eigenvalue weighted by Crippen LogP contribution is -2.23. The minimum atomic E-state index is -1.30. The van der Waals surface area contributed by atoms with Crippen molar-refractivity contribution in [3.63, 3.8) is 0 Å². The van der Waals surface area contributed by atoms with Crippen molar-refractivity contribution >= 4 is 23.8 Å². The quantitative estimate of drug-likeness (QED) is 0.300. The van der Waals surface area contributed by atoms with Gasteiger partial charge >= 0.3 is 5.97 Å². The molecule has 0 heterocycles. The lowest BCUT2D eigenvalue weighted by atomic mass is 10.1. The number of unbranched alkanes of at least 4 members (excludes halogenated alkanes) is 8. The van der Waals surface area contributed by atoms with Crippen molar-refractivity contribution in [1.29, 1.82) is 0 Å². The van der Waals surface area contributed by atoms with Crippen LogP contribution >= 0.6 is 7.26 Å². The van der Waals surface area contributed by atoms with Gasteiger partial charge in [-0.1, -0.05) is 74.9 Å². The number of hydrogen-bond donors (Lipinski definition) is 1. The standard InChI is InChI=1S/C25H35O2P/c1-28(23-17-11-9-12-18-23,24-19-13-10-14-20-24)22-16-8-6-4-2-3-5-7-15-21-25(26)27/h9-14,17-20H,2-8,15-16,21-22H2,1H3/p+1. The van der Waals surface area contributed by atoms with Gasteiger partial charge in [0.15, 0.2) is 0 Å². The van der Waals surface area contributed by atoms with Gasteiger partial charge in [-0.2, -0.15) is 0 Å². The number of carboxylic acids is 1. The summed E-state index contributed by atoms with van der Waals surface area (Å²) in [6, 6.07) is 22.2. The van der Waals surface area contributed by atoms with Gasteiger partial charge in [-0.3, -0.25) is 4.79 Å². The summed E-state index contributed by atoms with van der Waals surface area (Å²) in [7, 11) is -1.30. The third-order valence-electron chi connectivity index (χ3n) is 5.65. The van der Waals surface area contributed by atoms with Gasteiger partial charge in [0.25, 0.3) is 0 Å². The van der Waals surface area contributed by atoms with Gasteiger partial charge in [0.05, 0.1) is 30.7 Å². The lowest BCUT2D eigenvalue weighted by Gasteiger charge is -2.23. The number of carbonyl (C=O) groups is 1. The van der Waals surface area contributed by atoms with Crippen molar-refractivity contribution in [3.05, 3.63) is 60.7 Å². The summed E-state index contributed by atoms with van der Waals surface area (Å²) < 4.78 is 0. The summed E-state index contributed by atoms with van der Waals surface area (Å²) in [6.07, 6.45) is 12.5. The number of benzene rings is 2. The highest BCUT2D eigenvalue weighted by molar-refractivity contribution is 7.88. The molecule has 2 nitrogen and oxygen atoms in total. The Balaban J connectivity index is 1.70. The predicted octanol–water partition coefficient (Wildman–Crippen LogP) is 6.27. The molecule has 2 rings (SSSR count). The van der Waals surface area contributed by atoms with Crippen LogP contribution in [0, 0.1) is 0 Å². The van der Waals surface area contributed by atoms with E-state index < -0.39 is 13.2 Å². The van der Waals surface area contributed by atoms with Gasteiger partial charge in [0, 0.05) is 6.42 Å². The molecule has 28 heavy (non-hydrogen) atoms. The average Bonchev–Trinajstić information content (AvgIpc) is 2.73. The Hall–Kier alpha value is -1.66. The zero-order chi connectivity index (χ0) is 20.1. The summed E-state index contributed by atoms with van der Waals surface area (Å²) in [5.41, 5.74) is 0. The van der Waals surface area contributed by atoms with Gasteiger partial charge in [0.1, 0.15) is 0 Å². The molecule has 0 amide bonds. The molecular formula is C25H36O2P+. The molecule has 0 saturated carbocycles. The average molecular weight is 400 g/mol. The first kappa shape index (κ1) is 22.6. The molecule has 3 heteroatoms. The van der Waals surface area contributed by atoms with Crippen LogP contribution in [0.3, 0.4) is 0 Å². The molecule has 0 aliphatic rings. The van der Waals surface area contributed by atoms with Gasteiger partial charge in [-0.15, -0.1) is 0 Å². The third kappa shape index (κ3) is 7.76. The SMILES string of the molecule is C[P+](CCCCCCCCCCCC(=O)O)(c1ccccc1)c1ccccc1. The van der Waals surface area contributed by atoms with E-state index in [1.54, 1.807) is 0 Å². The highest BCUT2D eigenvalue weighted by atomic mass is 31.2. The second-order valence-corrected chi connectivity index (χ2v) is 11.8. The van der Waals surface area contributed by atoms with E-state index in [4.69, 9.17) is 5.11 Å². The Morgan fingerprint density at radius 2 is 1.07 bits per heavy atom. The van der Waals surface area contributed by atoms with Crippen LogP contribution < -0.4 is 10.6 Å². The number of aliphatic carboxylic acids is 1. The summed E-state index contributed by atoms with van der Waals surface area (Å²) in [5.74, 6) is -0.666. The Morgan fingerprint density at radius 3 is 1.50 bits per heavy atom. The molecule has 0 fully saturated rings. The third-order valence-corrected chi connectivity index (χ3v) is 9.73. The maximum absolute atomic E-state index is 10.5. The molecule has 0 atom stereocenters. The fourth-order valence-electron chi connectivity index (χ4n) is 3.86. The zero-order valence-electron chi connectivity index (χ0n) is 17.4. The van der Waals surface area contributed by atoms with Gasteiger partial charge in [-0.25, -0.2) is 0 Å². The monoisotopic (exact) mass is 399 g/mol. The molecule has 0 saturated heterocycles. The van der Waals surface area contributed by atoms with Crippen molar-refractivity contribution < 1.29 is 9.90 Å². The molecular weight excluding hydrogens is 363 g/mol. The van der Waals surface area contributed by atoms with Crippen molar-refractivity contribution in [2.24, 2.45) is 0 Å². The Labute approximate surface area is 171 Å². The van der Waals surface area contributed by atoms with E-state index in [2.05, 4.69) is 67.3 Å². The molecule has 2 aromatic carbocycles. The van der Waals surface area contributed by atoms with Crippen LogP contribution in [-0.2, 0) is 4.79 Å². The van der Waals surface area contributed by atoms with Crippen LogP contribution in [0.4, 0.5) is 0 Å². The second kappa shape index (κ2) is 12.7. The summed E-state index contributed by atoms with van der Waals surface area (Å²) in [5, 5.41) is 11.7. The maximum atomic E-state index is 10.5. The number of carboxylic acid groups (broad SMARTS) is 1. The van der Waals surface area contributed by atoms with Crippen LogP contribution in [0.15, 0.2) is 60.7 Å². The molecule has 0 aliphatic carbocycles. The first-order valence-corrected chi connectivity index (χ1v) is 13.2. The Kier molecular flexibility index (Phi) is 10.3. The number of rotatable bonds is 14. The zero-order valence-corrected chi connectivity index (χ0v) is 18.2. The van der Waals surface area contributed by atoms with Gasteiger partial charge in [0.2, 0.25) is 0 Å². The summed E-state index contributed by atoms with van der Waals surface area (Å²) in [6.45, 7) is 2.49. The van der Waals surface area contributed by atoms with E-state index in [-0.39, 0.29) is 0 Å². The minimum absolute atomic E-state index is 0.324. The summed E-state index contributed by atoms with van der Waals surface area (Å²) in [4.78, 5) is 10.5. The molecule has 2 aromatic rings. The molecule has 152 valence electrons. The predicted molar refractivity (Wildman–Crippen MR) is 124 cm³/mol. The van der Waals surface area contributed by atoms with Crippen LogP contribution in [0.1, 0.15) is 64.2 Å². The first-order chi connectivity index (χ1) is 13.6. The van der Waals surface area contributed by atoms with Crippen molar-refractivity contribution in [2.75, 3.05) is 12.8 Å². The Morgan fingerprint density at radius 1 is 0.679 bits per heavy atom. The van der Waals surface area contributed by atoms with Crippen molar-refractivity contribution in [1.82, 2.24) is 0 Å². The number of hydrogen-bond acceptors (Lipinski definition) is 1. The fourth-order valence-corrected chi connectivity index (χ4v) is 7.19. The topological polar surface area (TPSA) is 37.3 Å². The fraction of sp³-hybridized carbons (Fsp3) is 0.480. The molecule has 0 bridgehead atoms. The lowest BCUT2D eigenvalue weighted by molar-refractivity contribution is -0.137. The van der Waals surface area contributed by atoms with E-state index in [9.17, 15) is 4.79 Å². The highest BCUT2D eigenvalue weighted by Gasteiger charge is 2.36. The van der Waals surface area contributed by atoms with Crippen LogP contribution in [0.5, 0.6) is 0 Å². The largest absolute Gasteiger partial charge is 0.481 e. The highest BCUT2D eigenvalue weighted by Crippen LogP contribution is 2.53. The van der Waals surface area contributed by atoms with E-state index in [1.807, 2.05) is 0 Å². The van der Waals surface area contributed by atoms with E-state index in [0.29, 0.717) is 6.42 Å². The molecule has 0 aromatic heterocycles. The Bertz CT molecular complexity index is 630. The van der Waals surface area contributed by atoms with Gasteiger partial charge < -0.3 is 5.11 Å². The van der Waals surface area contributed by atoms with Crippen LogP contribution in [-0.4, -0.2) is 23.9 Å². The normalized spacial score (nSPS) is 11.5. The smallest absolute Gasteiger partial charge is 0.303 e. The van der Waals surface area contributed by atoms with Crippen molar-refractivity contribution in [2.45, 2.75) is 64.2 Å². The first-order valence-electron chi connectivity index (χ1n) is 10.8. The van der Waals surface area contributed by atoms with E-state index in [0.717, 1.165) is 12.8 Å². The molecule has 0 unspecified atom stereocenters. The minimum Gasteiger partial charge on any atom is -0.481 e. The molecule has 0 aliphatic heterocycles. The van der Waals surface area contributed by atoms with Crippen LogP contribution in [0.25, 0.3) is 0 Å². The summed E-state index contributed by atoms with van der Waals surface area (Å²) >= 11 is 0. The van der Waals surface area contributed by atoms with Crippen LogP contribution in [0.2, 0.25) is 0 Å². The molecule has 0 radical (unpaired) electrons. The van der Waals surface area contributed by atoms with Gasteiger partial charge in [-0.05, 0) is 43.5 Å². The maximum Gasteiger partial charge on any atom is 0.303 e. The van der Waals surface area contributed by atoms with E-state index in [1.165, 1.54) is 61.7 Å². The van der Waals surface area contributed by atoms with Crippen molar-refractivity contribution in [3.8, 4) is 0 Å².